The first kappa shape index (κ1) is 21.0. The Morgan fingerprint density at radius 3 is 2.30 bits per heavy atom. The summed E-state index contributed by atoms with van der Waals surface area (Å²) in [5.74, 6) is 3.56. The van der Waals surface area contributed by atoms with Gasteiger partial charge in [0, 0.05) is 32.2 Å². The Labute approximate surface area is 160 Å². The Hall–Kier alpha value is -0.0400. The molecule has 1 aliphatic carbocycles. The van der Waals surface area contributed by atoms with E-state index in [1.54, 1.807) is 0 Å². The van der Waals surface area contributed by atoms with Crippen molar-refractivity contribution in [2.45, 2.75) is 59.4 Å². The third kappa shape index (κ3) is 8.05. The van der Waals surface area contributed by atoms with Gasteiger partial charge in [-0.15, -0.1) is 24.0 Å². The number of guanidine groups is 1. The highest BCUT2D eigenvalue weighted by atomic mass is 127. The van der Waals surface area contributed by atoms with Crippen molar-refractivity contribution in [1.29, 1.82) is 0 Å². The predicted octanol–water partition coefficient (Wildman–Crippen LogP) is 3.33. The van der Waals surface area contributed by atoms with Gasteiger partial charge >= 0.3 is 0 Å². The highest BCUT2D eigenvalue weighted by molar-refractivity contribution is 14.0. The average molecular weight is 436 g/mol. The molecule has 5 heteroatoms. The molecule has 1 saturated carbocycles. The van der Waals surface area contributed by atoms with Gasteiger partial charge in [0.05, 0.1) is 0 Å². The van der Waals surface area contributed by atoms with Gasteiger partial charge in [-0.2, -0.15) is 0 Å². The topological polar surface area (TPSA) is 39.7 Å². The highest BCUT2D eigenvalue weighted by Crippen LogP contribution is 2.28. The van der Waals surface area contributed by atoms with E-state index in [1.165, 1.54) is 45.3 Å². The second-order valence-electron chi connectivity index (χ2n) is 7.64. The van der Waals surface area contributed by atoms with E-state index in [2.05, 4.69) is 43.2 Å². The van der Waals surface area contributed by atoms with Crippen LogP contribution < -0.4 is 10.6 Å². The molecule has 2 fully saturated rings. The minimum Gasteiger partial charge on any atom is -0.357 e. The molecule has 0 aromatic heterocycles. The van der Waals surface area contributed by atoms with E-state index in [-0.39, 0.29) is 24.0 Å². The predicted molar refractivity (Wildman–Crippen MR) is 111 cm³/mol. The van der Waals surface area contributed by atoms with Gasteiger partial charge in [-0.3, -0.25) is 4.99 Å². The molecule has 4 nitrogen and oxygen atoms in total. The highest BCUT2D eigenvalue weighted by Gasteiger charge is 2.33. The number of nitrogens with one attached hydrogen (secondary N) is 2. The Morgan fingerprint density at radius 2 is 1.74 bits per heavy atom. The maximum absolute atomic E-state index is 4.72. The molecule has 23 heavy (non-hydrogen) atoms. The molecule has 4 unspecified atom stereocenters. The maximum Gasteiger partial charge on any atom is 0.191 e. The van der Waals surface area contributed by atoms with Crippen molar-refractivity contribution >= 4 is 29.9 Å². The first-order valence-electron chi connectivity index (χ1n) is 9.35. The van der Waals surface area contributed by atoms with Crippen molar-refractivity contribution in [2.24, 2.45) is 22.7 Å². The summed E-state index contributed by atoms with van der Waals surface area (Å²) in [6, 6.07) is 0.647. The van der Waals surface area contributed by atoms with Gasteiger partial charge in [-0.1, -0.05) is 20.8 Å². The second kappa shape index (κ2) is 10.7. The van der Waals surface area contributed by atoms with Crippen LogP contribution in [0.4, 0.5) is 0 Å². The average Bonchev–Trinajstić information content (AvgIpc) is 3.12. The van der Waals surface area contributed by atoms with E-state index in [9.17, 15) is 0 Å². The molecule has 0 spiro atoms. The standard InChI is InChI=1S/C18H36N4.HI/c1-5-19-18(21-17-11-16(17)4)20-8-6-7-9-22-12-14(2)10-15(3)13-22;/h14-17H,5-13H2,1-4H3,(H2,19,20,21);1H. The lowest BCUT2D eigenvalue weighted by atomic mass is 9.92. The number of nitrogens with zero attached hydrogens (tertiary/aromatic N) is 2. The monoisotopic (exact) mass is 436 g/mol. The van der Waals surface area contributed by atoms with E-state index < -0.39 is 0 Å². The number of likely N-dealkylation sites (tertiary alicyclic amines) is 1. The van der Waals surface area contributed by atoms with Crippen LogP contribution in [0, 0.1) is 17.8 Å². The molecule has 0 bridgehead atoms. The molecule has 0 radical (unpaired) electrons. The van der Waals surface area contributed by atoms with Crippen molar-refractivity contribution < 1.29 is 0 Å². The molecule has 4 atom stereocenters. The summed E-state index contributed by atoms with van der Waals surface area (Å²) >= 11 is 0. The number of piperidine rings is 1. The quantitative estimate of drug-likeness (QED) is 0.278. The SMILES string of the molecule is CCNC(=NCCCCN1CC(C)CC(C)C1)NC1CC1C.I. The molecular formula is C18H37IN4. The van der Waals surface area contributed by atoms with Crippen molar-refractivity contribution in [3.63, 3.8) is 0 Å². The Balaban J connectivity index is 0.00000264. The van der Waals surface area contributed by atoms with E-state index >= 15 is 0 Å². The minimum absolute atomic E-state index is 0. The molecule has 2 N–H and O–H groups in total. The van der Waals surface area contributed by atoms with Crippen LogP contribution in [0.2, 0.25) is 0 Å². The van der Waals surface area contributed by atoms with Crippen LogP contribution in [0.5, 0.6) is 0 Å². The van der Waals surface area contributed by atoms with Gasteiger partial charge in [-0.25, -0.2) is 0 Å². The molecule has 1 aliphatic heterocycles. The zero-order valence-electron chi connectivity index (χ0n) is 15.5. The fourth-order valence-corrected chi connectivity index (χ4v) is 3.63. The maximum atomic E-state index is 4.72. The van der Waals surface area contributed by atoms with E-state index in [1.807, 2.05) is 0 Å². The first-order valence-corrected chi connectivity index (χ1v) is 9.35. The van der Waals surface area contributed by atoms with Crippen molar-refractivity contribution in [2.75, 3.05) is 32.7 Å². The first-order chi connectivity index (χ1) is 10.6. The van der Waals surface area contributed by atoms with Gasteiger partial charge in [0.15, 0.2) is 5.96 Å². The number of aliphatic imine (C=N–C) groups is 1. The molecule has 1 heterocycles. The van der Waals surface area contributed by atoms with E-state index in [0.29, 0.717) is 6.04 Å². The van der Waals surface area contributed by atoms with Crippen molar-refractivity contribution in [3.05, 3.63) is 0 Å². The lowest BCUT2D eigenvalue weighted by Gasteiger charge is -2.34. The van der Waals surface area contributed by atoms with Crippen LogP contribution in [-0.4, -0.2) is 49.6 Å². The van der Waals surface area contributed by atoms with Gasteiger partial charge in [0.25, 0.3) is 0 Å². The number of hydrogen-bond acceptors (Lipinski definition) is 2. The van der Waals surface area contributed by atoms with Gasteiger partial charge < -0.3 is 15.5 Å². The third-order valence-corrected chi connectivity index (χ3v) is 4.87. The molecule has 1 saturated heterocycles. The summed E-state index contributed by atoms with van der Waals surface area (Å²) in [7, 11) is 0. The summed E-state index contributed by atoms with van der Waals surface area (Å²) in [5, 5.41) is 6.88. The van der Waals surface area contributed by atoms with E-state index in [0.717, 1.165) is 36.8 Å². The Bertz CT molecular complexity index is 351. The smallest absolute Gasteiger partial charge is 0.191 e. The fourth-order valence-electron chi connectivity index (χ4n) is 3.63. The second-order valence-corrected chi connectivity index (χ2v) is 7.64. The van der Waals surface area contributed by atoms with Crippen LogP contribution in [0.1, 0.15) is 53.4 Å². The van der Waals surface area contributed by atoms with Crippen LogP contribution in [-0.2, 0) is 0 Å². The molecule has 2 aliphatic rings. The van der Waals surface area contributed by atoms with Crippen molar-refractivity contribution in [1.82, 2.24) is 15.5 Å². The number of rotatable bonds is 7. The van der Waals surface area contributed by atoms with Crippen LogP contribution in [0.15, 0.2) is 4.99 Å². The van der Waals surface area contributed by atoms with Crippen molar-refractivity contribution in [3.8, 4) is 0 Å². The van der Waals surface area contributed by atoms with Crippen LogP contribution in [0.25, 0.3) is 0 Å². The molecule has 0 aromatic carbocycles. The number of halogens is 1. The Morgan fingerprint density at radius 1 is 1.09 bits per heavy atom. The third-order valence-electron chi connectivity index (χ3n) is 4.87. The lowest BCUT2D eigenvalue weighted by Crippen LogP contribution is -2.39. The zero-order valence-corrected chi connectivity index (χ0v) is 17.8. The fraction of sp³-hybridized carbons (Fsp3) is 0.944. The Kier molecular flexibility index (Phi) is 9.82. The largest absolute Gasteiger partial charge is 0.357 e. The summed E-state index contributed by atoms with van der Waals surface area (Å²) in [4.78, 5) is 7.37. The normalized spacial score (nSPS) is 31.4. The molecule has 0 aromatic rings. The lowest BCUT2D eigenvalue weighted by molar-refractivity contribution is 0.139. The number of unbranched alkanes of at least 4 members (excludes halogenated alkanes) is 1. The number of hydrogen-bond donors (Lipinski definition) is 2. The molecule has 0 amide bonds. The zero-order chi connectivity index (χ0) is 15.9. The summed E-state index contributed by atoms with van der Waals surface area (Å²) in [6.45, 7) is 14.9. The van der Waals surface area contributed by atoms with Crippen LogP contribution in [0.3, 0.4) is 0 Å². The van der Waals surface area contributed by atoms with Gasteiger partial charge in [0.1, 0.15) is 0 Å². The minimum atomic E-state index is 0. The molecule has 2 rings (SSSR count). The summed E-state index contributed by atoms with van der Waals surface area (Å²) in [6.07, 6.45) is 5.14. The van der Waals surface area contributed by atoms with E-state index in [4.69, 9.17) is 4.99 Å². The van der Waals surface area contributed by atoms with Gasteiger partial charge in [0.2, 0.25) is 0 Å². The van der Waals surface area contributed by atoms with Crippen LogP contribution >= 0.6 is 24.0 Å². The summed E-state index contributed by atoms with van der Waals surface area (Å²) in [5.41, 5.74) is 0. The van der Waals surface area contributed by atoms with Gasteiger partial charge in [-0.05, 0) is 56.9 Å². The molecule has 136 valence electrons. The molecular weight excluding hydrogens is 399 g/mol. The summed E-state index contributed by atoms with van der Waals surface area (Å²) < 4.78 is 0.